The van der Waals surface area contributed by atoms with E-state index in [4.69, 9.17) is 4.18 Å². The molecule has 0 radical (unpaired) electrons. The Labute approximate surface area is 199 Å². The first-order valence-electron chi connectivity index (χ1n) is 12.4. The smallest absolute Gasteiger partial charge is 0.127 e. The molecule has 0 aromatic heterocycles. The van der Waals surface area contributed by atoms with Crippen molar-refractivity contribution in [3.63, 3.8) is 0 Å². The first kappa shape index (κ1) is 25.3. The molecular weight excluding hydrogens is 417 g/mol. The lowest BCUT2D eigenvalue weighted by Gasteiger charge is -2.29. The fraction of sp³-hybridized carbons (Fsp3) is 0.571. The van der Waals surface area contributed by atoms with Crippen LogP contribution in [0.4, 0.5) is 4.39 Å². The Morgan fingerprint density at radius 3 is 2.34 bits per heavy atom. The van der Waals surface area contributed by atoms with Gasteiger partial charge in [0.15, 0.2) is 0 Å². The van der Waals surface area contributed by atoms with Crippen molar-refractivity contribution in [1.29, 1.82) is 0 Å². The second kappa shape index (κ2) is 13.4. The summed E-state index contributed by atoms with van der Waals surface area (Å²) in [6.07, 6.45) is 12.6. The second-order valence-corrected chi connectivity index (χ2v) is 10.4. The number of hydrogen-bond acceptors (Lipinski definition) is 3. The van der Waals surface area contributed by atoms with Gasteiger partial charge in [-0.1, -0.05) is 69.0 Å². The third kappa shape index (κ3) is 7.60. The fourth-order valence-corrected chi connectivity index (χ4v) is 5.46. The summed E-state index contributed by atoms with van der Waals surface area (Å²) in [5.74, 6) is 1.53. The SMILES string of the molecule is CCCCCC1CCC(c2ccc(-c3ccc(CCCN(C)SOC)c(F)c3)cc2)CC1. The van der Waals surface area contributed by atoms with Gasteiger partial charge in [0.25, 0.3) is 0 Å². The molecule has 176 valence electrons. The molecule has 0 saturated heterocycles. The molecular formula is C28H40FNOS. The zero-order chi connectivity index (χ0) is 22.8. The zero-order valence-corrected chi connectivity index (χ0v) is 20.9. The van der Waals surface area contributed by atoms with Gasteiger partial charge >= 0.3 is 0 Å². The Bertz CT molecular complexity index is 802. The molecule has 4 heteroatoms. The maximum Gasteiger partial charge on any atom is 0.127 e. The lowest BCUT2D eigenvalue weighted by Crippen LogP contribution is -2.13. The maximum absolute atomic E-state index is 14.7. The average molecular weight is 458 g/mol. The molecule has 0 spiro atoms. The van der Waals surface area contributed by atoms with E-state index < -0.39 is 0 Å². The summed E-state index contributed by atoms with van der Waals surface area (Å²) in [7, 11) is 3.64. The van der Waals surface area contributed by atoms with Gasteiger partial charge in [-0.25, -0.2) is 8.70 Å². The molecule has 1 saturated carbocycles. The minimum atomic E-state index is -0.102. The quantitative estimate of drug-likeness (QED) is 0.180. The fourth-order valence-electron chi connectivity index (χ4n) is 5.00. The summed E-state index contributed by atoms with van der Waals surface area (Å²) in [6.45, 7) is 3.15. The van der Waals surface area contributed by atoms with Crippen molar-refractivity contribution in [2.75, 3.05) is 20.7 Å². The van der Waals surface area contributed by atoms with E-state index in [-0.39, 0.29) is 5.82 Å². The van der Waals surface area contributed by atoms with Gasteiger partial charge in [-0.05, 0) is 85.7 Å². The summed E-state index contributed by atoms with van der Waals surface area (Å²) in [5, 5.41) is 0. The number of rotatable bonds is 12. The van der Waals surface area contributed by atoms with E-state index in [0.717, 1.165) is 42.0 Å². The Morgan fingerprint density at radius 2 is 1.69 bits per heavy atom. The Morgan fingerprint density at radius 1 is 0.969 bits per heavy atom. The minimum Gasteiger partial charge on any atom is -0.304 e. The first-order valence-corrected chi connectivity index (χ1v) is 13.1. The molecule has 32 heavy (non-hydrogen) atoms. The summed E-state index contributed by atoms with van der Waals surface area (Å²) in [6, 6.07) is 14.6. The van der Waals surface area contributed by atoms with Gasteiger partial charge in [-0.15, -0.1) is 0 Å². The van der Waals surface area contributed by atoms with Crippen LogP contribution in [0.2, 0.25) is 0 Å². The van der Waals surface area contributed by atoms with Crippen molar-refractivity contribution >= 4 is 12.2 Å². The summed E-state index contributed by atoms with van der Waals surface area (Å²) in [5.41, 5.74) is 4.31. The molecule has 1 aliphatic carbocycles. The molecule has 0 heterocycles. The summed E-state index contributed by atoms with van der Waals surface area (Å²) in [4.78, 5) is 0. The highest BCUT2D eigenvalue weighted by molar-refractivity contribution is 7.92. The van der Waals surface area contributed by atoms with E-state index in [0.29, 0.717) is 5.92 Å². The maximum atomic E-state index is 14.7. The minimum absolute atomic E-state index is 0.102. The molecule has 0 aliphatic heterocycles. The predicted molar refractivity (Wildman–Crippen MR) is 136 cm³/mol. The van der Waals surface area contributed by atoms with Gasteiger partial charge in [0.1, 0.15) is 5.82 Å². The van der Waals surface area contributed by atoms with E-state index in [9.17, 15) is 4.39 Å². The monoisotopic (exact) mass is 457 g/mol. The molecule has 0 bridgehead atoms. The molecule has 0 unspecified atom stereocenters. The zero-order valence-electron chi connectivity index (χ0n) is 20.1. The molecule has 0 amide bonds. The van der Waals surface area contributed by atoms with Crippen LogP contribution in [-0.4, -0.2) is 25.0 Å². The molecule has 1 fully saturated rings. The highest BCUT2D eigenvalue weighted by atomic mass is 32.2. The van der Waals surface area contributed by atoms with Crippen LogP contribution in [0.3, 0.4) is 0 Å². The van der Waals surface area contributed by atoms with Crippen molar-refractivity contribution in [3.05, 3.63) is 59.4 Å². The lowest BCUT2D eigenvalue weighted by molar-refractivity contribution is 0.303. The van der Waals surface area contributed by atoms with Crippen molar-refractivity contribution in [3.8, 4) is 11.1 Å². The van der Waals surface area contributed by atoms with Gasteiger partial charge in [0, 0.05) is 6.54 Å². The highest BCUT2D eigenvalue weighted by Gasteiger charge is 2.22. The van der Waals surface area contributed by atoms with Gasteiger partial charge in [0.2, 0.25) is 0 Å². The molecule has 0 atom stereocenters. The first-order chi connectivity index (χ1) is 15.6. The van der Waals surface area contributed by atoms with Gasteiger partial charge in [-0.3, -0.25) is 0 Å². The molecule has 2 aromatic carbocycles. The van der Waals surface area contributed by atoms with E-state index in [1.165, 1.54) is 69.2 Å². The van der Waals surface area contributed by atoms with Gasteiger partial charge in [-0.2, -0.15) is 0 Å². The number of hydrogen-bond donors (Lipinski definition) is 0. The third-order valence-electron chi connectivity index (χ3n) is 6.95. The second-order valence-electron chi connectivity index (χ2n) is 9.34. The Hall–Kier alpha value is -1.36. The highest BCUT2D eigenvalue weighted by Crippen LogP contribution is 2.38. The van der Waals surface area contributed by atoms with E-state index in [1.807, 2.05) is 17.4 Å². The number of benzene rings is 2. The average Bonchev–Trinajstić information content (AvgIpc) is 2.81. The number of halogens is 1. The molecule has 1 aliphatic rings. The number of aryl methyl sites for hydroxylation is 1. The molecule has 2 aromatic rings. The normalized spacial score (nSPS) is 18.9. The van der Waals surface area contributed by atoms with E-state index in [2.05, 4.69) is 37.3 Å². The summed E-state index contributed by atoms with van der Waals surface area (Å²) >= 11 is 1.32. The van der Waals surface area contributed by atoms with Crippen molar-refractivity contribution in [2.45, 2.75) is 77.0 Å². The van der Waals surface area contributed by atoms with Crippen LogP contribution in [-0.2, 0) is 10.6 Å². The van der Waals surface area contributed by atoms with Crippen molar-refractivity contribution in [1.82, 2.24) is 4.31 Å². The Balaban J connectivity index is 1.52. The standard InChI is InChI=1S/C28H40FNOS/c1-4-5-6-8-22-10-12-23(13-11-22)24-14-16-25(17-15-24)27-19-18-26(28(29)21-27)9-7-20-30(2)32-31-3/h14-19,21-23H,4-13,20H2,1-3H3. The predicted octanol–water partition coefficient (Wildman–Crippen LogP) is 8.42. The lowest BCUT2D eigenvalue weighted by atomic mass is 9.77. The number of unbranched alkanes of at least 4 members (excludes halogenated alkanes) is 2. The van der Waals surface area contributed by atoms with Crippen LogP contribution in [0, 0.1) is 11.7 Å². The van der Waals surface area contributed by atoms with Crippen molar-refractivity contribution < 1.29 is 8.57 Å². The van der Waals surface area contributed by atoms with Crippen LogP contribution >= 0.6 is 12.2 Å². The third-order valence-corrected chi connectivity index (χ3v) is 7.54. The van der Waals surface area contributed by atoms with Gasteiger partial charge < -0.3 is 4.18 Å². The Kier molecular flexibility index (Phi) is 10.6. The van der Waals surface area contributed by atoms with Crippen LogP contribution in [0.15, 0.2) is 42.5 Å². The summed E-state index contributed by atoms with van der Waals surface area (Å²) < 4.78 is 21.7. The largest absolute Gasteiger partial charge is 0.304 e. The van der Waals surface area contributed by atoms with Crippen LogP contribution in [0.1, 0.15) is 81.8 Å². The van der Waals surface area contributed by atoms with Crippen LogP contribution in [0.25, 0.3) is 11.1 Å². The van der Waals surface area contributed by atoms with Gasteiger partial charge in [0.05, 0.1) is 19.3 Å². The van der Waals surface area contributed by atoms with Crippen LogP contribution in [0.5, 0.6) is 0 Å². The topological polar surface area (TPSA) is 12.5 Å². The van der Waals surface area contributed by atoms with E-state index in [1.54, 1.807) is 13.2 Å². The van der Waals surface area contributed by atoms with E-state index >= 15 is 0 Å². The molecule has 2 nitrogen and oxygen atoms in total. The van der Waals surface area contributed by atoms with Crippen LogP contribution < -0.4 is 0 Å². The molecule has 3 rings (SSSR count). The van der Waals surface area contributed by atoms with Crippen molar-refractivity contribution in [2.24, 2.45) is 5.92 Å². The number of nitrogens with zero attached hydrogens (tertiary/aromatic N) is 1. The molecule has 0 N–H and O–H groups in total.